The Bertz CT molecular complexity index is 692. The number of benzene rings is 1. The number of rotatable bonds is 5. The van der Waals surface area contributed by atoms with E-state index in [9.17, 15) is 9.18 Å². The molecule has 5 nitrogen and oxygen atoms in total. The summed E-state index contributed by atoms with van der Waals surface area (Å²) in [4.78, 5) is 16.6. The summed E-state index contributed by atoms with van der Waals surface area (Å²) in [6.45, 7) is 0.382. The summed E-state index contributed by atoms with van der Waals surface area (Å²) in [5.74, 6) is 0.130. The first kappa shape index (κ1) is 17.5. The first-order valence-corrected chi connectivity index (χ1v) is 8.88. The van der Waals surface area contributed by atoms with Crippen LogP contribution in [-0.2, 0) is 13.6 Å². The van der Waals surface area contributed by atoms with Crippen molar-refractivity contribution in [2.24, 2.45) is 13.0 Å². The number of amides is 2. The van der Waals surface area contributed by atoms with Gasteiger partial charge in [0, 0.05) is 13.2 Å². The number of hydrogen-bond acceptors (Lipinski definition) is 2. The second kappa shape index (κ2) is 8.14. The van der Waals surface area contributed by atoms with Crippen LogP contribution in [0.25, 0.3) is 0 Å². The minimum absolute atomic E-state index is 0.0929. The van der Waals surface area contributed by atoms with Crippen LogP contribution in [0.1, 0.15) is 49.4 Å². The van der Waals surface area contributed by atoms with Crippen molar-refractivity contribution in [2.45, 2.75) is 44.7 Å². The molecule has 1 unspecified atom stereocenters. The van der Waals surface area contributed by atoms with E-state index in [2.05, 4.69) is 15.6 Å². The number of carbonyl (C=O) groups excluding carboxylic acids is 1. The molecule has 0 spiro atoms. The summed E-state index contributed by atoms with van der Waals surface area (Å²) < 4.78 is 15.1. The second-order valence-electron chi connectivity index (χ2n) is 6.78. The van der Waals surface area contributed by atoms with Gasteiger partial charge in [-0.05, 0) is 36.5 Å². The quantitative estimate of drug-likeness (QED) is 0.869. The van der Waals surface area contributed by atoms with Crippen molar-refractivity contribution < 1.29 is 9.18 Å². The molecule has 2 aromatic rings. The molecule has 0 radical (unpaired) electrons. The lowest BCUT2D eigenvalue weighted by Crippen LogP contribution is -2.40. The third-order valence-corrected chi connectivity index (χ3v) is 4.83. The van der Waals surface area contributed by atoms with Gasteiger partial charge >= 0.3 is 6.03 Å². The van der Waals surface area contributed by atoms with E-state index in [-0.39, 0.29) is 17.9 Å². The Hall–Kier alpha value is -2.37. The van der Waals surface area contributed by atoms with E-state index < -0.39 is 0 Å². The van der Waals surface area contributed by atoms with Gasteiger partial charge in [-0.1, -0.05) is 31.4 Å². The molecule has 1 atom stereocenters. The van der Waals surface area contributed by atoms with Crippen molar-refractivity contribution in [1.29, 1.82) is 0 Å². The number of aromatic nitrogens is 2. The maximum atomic E-state index is 13.3. The molecular formula is C19H25FN4O. The van der Waals surface area contributed by atoms with Crippen molar-refractivity contribution in [1.82, 2.24) is 20.2 Å². The fourth-order valence-electron chi connectivity index (χ4n) is 3.53. The molecule has 3 rings (SSSR count). The number of nitrogens with one attached hydrogen (secondary N) is 2. The van der Waals surface area contributed by atoms with E-state index in [0.29, 0.717) is 12.5 Å². The maximum Gasteiger partial charge on any atom is 0.315 e. The Morgan fingerprint density at radius 2 is 2.00 bits per heavy atom. The molecular weight excluding hydrogens is 319 g/mol. The Morgan fingerprint density at radius 1 is 1.28 bits per heavy atom. The van der Waals surface area contributed by atoms with E-state index in [1.54, 1.807) is 18.5 Å². The van der Waals surface area contributed by atoms with Crippen LogP contribution in [0.15, 0.2) is 36.8 Å². The van der Waals surface area contributed by atoms with Gasteiger partial charge in [-0.25, -0.2) is 14.2 Å². The normalized spacial score (nSPS) is 16.4. The van der Waals surface area contributed by atoms with E-state index >= 15 is 0 Å². The Balaban J connectivity index is 1.65. The lowest BCUT2D eigenvalue weighted by Gasteiger charge is -2.31. The monoisotopic (exact) mass is 344 g/mol. The summed E-state index contributed by atoms with van der Waals surface area (Å²) >= 11 is 0. The van der Waals surface area contributed by atoms with Gasteiger partial charge in [-0.2, -0.15) is 0 Å². The average Bonchev–Trinajstić information content (AvgIpc) is 3.05. The van der Waals surface area contributed by atoms with Gasteiger partial charge in [0.05, 0.1) is 24.6 Å². The molecule has 1 heterocycles. The van der Waals surface area contributed by atoms with Gasteiger partial charge in [0.2, 0.25) is 0 Å². The first-order chi connectivity index (χ1) is 12.1. The highest BCUT2D eigenvalue weighted by Crippen LogP contribution is 2.34. The number of nitrogens with zero attached hydrogens (tertiary/aromatic N) is 2. The minimum Gasteiger partial charge on any atom is -0.340 e. The molecule has 1 aliphatic rings. The number of halogens is 1. The molecule has 25 heavy (non-hydrogen) atoms. The summed E-state index contributed by atoms with van der Waals surface area (Å²) in [7, 11) is 1.89. The smallest absolute Gasteiger partial charge is 0.315 e. The highest BCUT2D eigenvalue weighted by Gasteiger charge is 2.26. The number of hydrogen-bond donors (Lipinski definition) is 2. The van der Waals surface area contributed by atoms with E-state index in [1.807, 2.05) is 17.8 Å². The number of imidazole rings is 1. The van der Waals surface area contributed by atoms with Crippen LogP contribution in [0.5, 0.6) is 0 Å². The van der Waals surface area contributed by atoms with Crippen molar-refractivity contribution in [3.05, 3.63) is 53.9 Å². The Labute approximate surface area is 147 Å². The van der Waals surface area contributed by atoms with Gasteiger partial charge in [0.25, 0.3) is 0 Å². The van der Waals surface area contributed by atoms with E-state index in [1.165, 1.54) is 31.4 Å². The molecule has 2 amide bonds. The van der Waals surface area contributed by atoms with Gasteiger partial charge in [0.15, 0.2) is 0 Å². The largest absolute Gasteiger partial charge is 0.340 e. The highest BCUT2D eigenvalue weighted by molar-refractivity contribution is 5.74. The van der Waals surface area contributed by atoms with Crippen molar-refractivity contribution >= 4 is 6.03 Å². The molecule has 0 aliphatic heterocycles. The molecule has 1 aromatic heterocycles. The van der Waals surface area contributed by atoms with Crippen LogP contribution in [0.2, 0.25) is 0 Å². The second-order valence-corrected chi connectivity index (χ2v) is 6.78. The van der Waals surface area contributed by atoms with Gasteiger partial charge in [0.1, 0.15) is 5.82 Å². The molecule has 1 fully saturated rings. The highest BCUT2D eigenvalue weighted by atomic mass is 19.1. The number of carbonyl (C=O) groups is 1. The molecule has 6 heteroatoms. The van der Waals surface area contributed by atoms with Crippen molar-refractivity contribution in [3.8, 4) is 0 Å². The molecule has 1 saturated carbocycles. The van der Waals surface area contributed by atoms with Gasteiger partial charge < -0.3 is 15.2 Å². The third kappa shape index (κ3) is 4.81. The van der Waals surface area contributed by atoms with Gasteiger partial charge in [-0.3, -0.25) is 0 Å². The Morgan fingerprint density at radius 3 is 2.64 bits per heavy atom. The van der Waals surface area contributed by atoms with Crippen molar-refractivity contribution in [3.63, 3.8) is 0 Å². The predicted octanol–water partition coefficient (Wildman–Crippen LogP) is 3.68. The first-order valence-electron chi connectivity index (χ1n) is 8.88. The fraction of sp³-hybridized carbons (Fsp3) is 0.474. The molecule has 0 bridgehead atoms. The molecule has 1 aliphatic carbocycles. The predicted molar refractivity (Wildman–Crippen MR) is 94.3 cm³/mol. The summed E-state index contributed by atoms with van der Waals surface area (Å²) in [5, 5.41) is 5.96. The number of urea groups is 1. The van der Waals surface area contributed by atoms with Crippen LogP contribution in [0, 0.1) is 11.7 Å². The van der Waals surface area contributed by atoms with E-state index in [4.69, 9.17) is 0 Å². The topological polar surface area (TPSA) is 59.0 Å². The third-order valence-electron chi connectivity index (χ3n) is 4.83. The van der Waals surface area contributed by atoms with Crippen LogP contribution in [0.4, 0.5) is 9.18 Å². The lowest BCUT2D eigenvalue weighted by atomic mass is 9.81. The zero-order valence-corrected chi connectivity index (χ0v) is 14.5. The zero-order chi connectivity index (χ0) is 17.6. The van der Waals surface area contributed by atoms with Gasteiger partial charge in [-0.15, -0.1) is 0 Å². The standard InChI is InChI=1S/C19H25FN4O/c1-24-12-17(22-13-24)11-21-19(25)23-18(14-5-3-2-4-6-14)15-7-9-16(20)10-8-15/h7-10,12-14,18H,2-6,11H2,1H3,(H2,21,23,25). The van der Waals surface area contributed by atoms with Crippen molar-refractivity contribution in [2.75, 3.05) is 0 Å². The summed E-state index contributed by atoms with van der Waals surface area (Å²) in [6.07, 6.45) is 9.36. The average molecular weight is 344 g/mol. The molecule has 1 aromatic carbocycles. The molecule has 0 saturated heterocycles. The molecule has 134 valence electrons. The van der Waals surface area contributed by atoms with E-state index in [0.717, 1.165) is 24.1 Å². The fourth-order valence-corrected chi connectivity index (χ4v) is 3.53. The van der Waals surface area contributed by atoms with Crippen LogP contribution in [0.3, 0.4) is 0 Å². The Kier molecular flexibility index (Phi) is 5.68. The van der Waals surface area contributed by atoms with Crippen LogP contribution in [-0.4, -0.2) is 15.6 Å². The minimum atomic E-state index is -0.259. The number of aryl methyl sites for hydroxylation is 1. The zero-order valence-electron chi connectivity index (χ0n) is 14.5. The SMILES string of the molecule is Cn1cnc(CNC(=O)NC(c2ccc(F)cc2)C2CCCCC2)c1. The van der Waals surface area contributed by atoms with Crippen LogP contribution < -0.4 is 10.6 Å². The van der Waals surface area contributed by atoms with Crippen LogP contribution >= 0.6 is 0 Å². The molecule has 2 N–H and O–H groups in total. The summed E-state index contributed by atoms with van der Waals surface area (Å²) in [5.41, 5.74) is 1.77. The lowest BCUT2D eigenvalue weighted by molar-refractivity contribution is 0.221. The maximum absolute atomic E-state index is 13.3. The summed E-state index contributed by atoms with van der Waals surface area (Å²) in [6, 6.07) is 6.15.